The Morgan fingerprint density at radius 2 is 2.00 bits per heavy atom. The molecule has 0 spiro atoms. The Hall–Kier alpha value is -3.29. The van der Waals surface area contributed by atoms with Crippen molar-refractivity contribution < 1.29 is 13.9 Å². The fourth-order valence-electron chi connectivity index (χ4n) is 2.41. The predicted molar refractivity (Wildman–Crippen MR) is 94.9 cm³/mol. The number of nitrogens with zero attached hydrogens (tertiary/aromatic N) is 5. The maximum absolute atomic E-state index is 13.2. The van der Waals surface area contributed by atoms with Crippen molar-refractivity contribution in [3.63, 3.8) is 0 Å². The molecular formula is C18H18FN5O2. The van der Waals surface area contributed by atoms with Gasteiger partial charge in [-0.3, -0.25) is 0 Å². The van der Waals surface area contributed by atoms with E-state index in [1.165, 1.54) is 16.6 Å². The Balaban J connectivity index is 2.18. The first-order valence-electron chi connectivity index (χ1n) is 8.03. The van der Waals surface area contributed by atoms with Gasteiger partial charge in [-0.05, 0) is 30.7 Å². The van der Waals surface area contributed by atoms with Crippen LogP contribution in [0.25, 0.3) is 22.9 Å². The van der Waals surface area contributed by atoms with E-state index in [9.17, 15) is 9.18 Å². The molecule has 0 bridgehead atoms. The molecule has 0 aliphatic heterocycles. The Kier molecular flexibility index (Phi) is 4.92. The number of ether oxygens (including phenoxy) is 1. The van der Waals surface area contributed by atoms with E-state index in [1.54, 1.807) is 37.5 Å². The summed E-state index contributed by atoms with van der Waals surface area (Å²) in [6.07, 6.45) is 5.10. The summed E-state index contributed by atoms with van der Waals surface area (Å²) in [7, 11) is 3.72. The molecule has 0 atom stereocenters. The molecule has 0 fully saturated rings. The van der Waals surface area contributed by atoms with Gasteiger partial charge in [-0.2, -0.15) is 5.10 Å². The maximum atomic E-state index is 13.2. The van der Waals surface area contributed by atoms with E-state index in [2.05, 4.69) is 15.3 Å². The topological polar surface area (TPSA) is 72.6 Å². The molecule has 0 amide bonds. The smallest absolute Gasteiger partial charge is 0.361 e. The van der Waals surface area contributed by atoms with Crippen LogP contribution in [0.1, 0.15) is 23.1 Å². The first-order chi connectivity index (χ1) is 12.5. The van der Waals surface area contributed by atoms with Crippen LogP contribution in [0.4, 0.5) is 4.39 Å². The zero-order valence-electron chi connectivity index (χ0n) is 14.7. The molecule has 2 aromatic heterocycles. The van der Waals surface area contributed by atoms with E-state index >= 15 is 0 Å². The largest absolute Gasteiger partial charge is 0.461 e. The van der Waals surface area contributed by atoms with E-state index in [-0.39, 0.29) is 18.1 Å². The lowest BCUT2D eigenvalue weighted by atomic mass is 10.1. The summed E-state index contributed by atoms with van der Waals surface area (Å²) in [6.45, 7) is 1.95. The van der Waals surface area contributed by atoms with E-state index in [0.29, 0.717) is 16.9 Å². The number of fused-ring (bicyclic) bond motifs is 1. The number of rotatable bonds is 5. The fourth-order valence-corrected chi connectivity index (χ4v) is 2.41. The van der Waals surface area contributed by atoms with E-state index in [1.807, 2.05) is 19.0 Å². The molecule has 0 aliphatic rings. The lowest BCUT2D eigenvalue weighted by Gasteiger charge is -2.08. The van der Waals surface area contributed by atoms with Crippen molar-refractivity contribution in [3.8, 4) is 11.1 Å². The molecule has 0 unspecified atom stereocenters. The normalized spacial score (nSPS) is 11.2. The molecule has 1 aromatic carbocycles. The number of esters is 1. The van der Waals surface area contributed by atoms with Crippen molar-refractivity contribution in [2.75, 3.05) is 20.7 Å². The number of carbonyl (C=O) groups excluding carboxylic acids is 1. The average Bonchev–Trinajstić information content (AvgIpc) is 3.04. The summed E-state index contributed by atoms with van der Waals surface area (Å²) in [5.74, 6) is -0.894. The van der Waals surface area contributed by atoms with Crippen LogP contribution in [-0.4, -0.2) is 51.4 Å². The zero-order chi connectivity index (χ0) is 18.7. The standard InChI is InChI=1S/C18H18FN5O2/c1-4-26-18(25)16-15(9-10-23(2)3)24-17(22-21-16)14(11-20-24)12-5-7-13(19)8-6-12/h5-11H,4H2,1-3H3. The molecule has 0 saturated heterocycles. The van der Waals surface area contributed by atoms with Crippen molar-refractivity contribution >= 4 is 17.7 Å². The van der Waals surface area contributed by atoms with Crippen molar-refractivity contribution in [2.24, 2.45) is 0 Å². The lowest BCUT2D eigenvalue weighted by Crippen LogP contribution is -2.14. The third-order valence-corrected chi connectivity index (χ3v) is 3.61. The molecule has 2 heterocycles. The van der Waals surface area contributed by atoms with Crippen molar-refractivity contribution in [1.82, 2.24) is 24.7 Å². The van der Waals surface area contributed by atoms with E-state index in [4.69, 9.17) is 4.74 Å². The van der Waals surface area contributed by atoms with Gasteiger partial charge in [0.2, 0.25) is 0 Å². The molecule has 0 saturated carbocycles. The van der Waals surface area contributed by atoms with Gasteiger partial charge in [-0.15, -0.1) is 10.2 Å². The minimum Gasteiger partial charge on any atom is -0.461 e. The SMILES string of the molecule is CCOC(=O)c1nnc2c(-c3ccc(F)cc3)cnn2c1C=CN(C)C. The molecule has 0 aliphatic carbocycles. The minimum atomic E-state index is -0.570. The van der Waals surface area contributed by atoms with Gasteiger partial charge in [0.05, 0.1) is 12.8 Å². The molecule has 26 heavy (non-hydrogen) atoms. The number of benzene rings is 1. The van der Waals surface area contributed by atoms with Gasteiger partial charge >= 0.3 is 5.97 Å². The Morgan fingerprint density at radius 1 is 1.27 bits per heavy atom. The molecule has 7 nitrogen and oxygen atoms in total. The molecule has 134 valence electrons. The molecule has 0 radical (unpaired) electrons. The fraction of sp³-hybridized carbons (Fsp3) is 0.222. The maximum Gasteiger partial charge on any atom is 0.361 e. The second-order valence-corrected chi connectivity index (χ2v) is 5.73. The lowest BCUT2D eigenvalue weighted by molar-refractivity contribution is 0.0517. The molecule has 8 heteroatoms. The van der Waals surface area contributed by atoms with Gasteiger partial charge in [0, 0.05) is 25.9 Å². The van der Waals surface area contributed by atoms with Crippen molar-refractivity contribution in [3.05, 3.63) is 53.9 Å². The quantitative estimate of drug-likeness (QED) is 0.655. The summed E-state index contributed by atoms with van der Waals surface area (Å²) >= 11 is 0. The number of hydrogen-bond acceptors (Lipinski definition) is 6. The van der Waals surface area contributed by atoms with E-state index < -0.39 is 5.97 Å². The highest BCUT2D eigenvalue weighted by molar-refractivity contribution is 5.91. The highest BCUT2D eigenvalue weighted by atomic mass is 19.1. The Labute approximate surface area is 149 Å². The summed E-state index contributed by atoms with van der Waals surface area (Å²) in [5, 5.41) is 12.5. The highest BCUT2D eigenvalue weighted by Crippen LogP contribution is 2.25. The average molecular weight is 355 g/mol. The third kappa shape index (κ3) is 3.39. The summed E-state index contributed by atoms with van der Waals surface area (Å²) in [4.78, 5) is 14.0. The second-order valence-electron chi connectivity index (χ2n) is 5.73. The van der Waals surface area contributed by atoms with Crippen LogP contribution in [0.3, 0.4) is 0 Å². The first kappa shape index (κ1) is 17.5. The number of halogens is 1. The van der Waals surface area contributed by atoms with Crippen LogP contribution in [-0.2, 0) is 4.74 Å². The summed E-state index contributed by atoms with van der Waals surface area (Å²) in [5.41, 5.74) is 2.43. The van der Waals surface area contributed by atoms with Gasteiger partial charge in [-0.1, -0.05) is 12.1 Å². The Bertz CT molecular complexity index is 964. The highest BCUT2D eigenvalue weighted by Gasteiger charge is 2.20. The monoisotopic (exact) mass is 355 g/mol. The van der Waals surface area contributed by atoms with Gasteiger partial charge in [-0.25, -0.2) is 13.7 Å². The molecule has 3 aromatic rings. The van der Waals surface area contributed by atoms with Gasteiger partial charge in [0.15, 0.2) is 11.3 Å². The van der Waals surface area contributed by atoms with Crippen molar-refractivity contribution in [2.45, 2.75) is 6.92 Å². The van der Waals surface area contributed by atoms with Gasteiger partial charge in [0.1, 0.15) is 11.5 Å². The van der Waals surface area contributed by atoms with Gasteiger partial charge in [0.25, 0.3) is 0 Å². The zero-order valence-corrected chi connectivity index (χ0v) is 14.7. The predicted octanol–water partition coefficient (Wildman–Crippen LogP) is 2.64. The van der Waals surface area contributed by atoms with Crippen LogP contribution in [0.15, 0.2) is 36.7 Å². The first-order valence-corrected chi connectivity index (χ1v) is 8.03. The van der Waals surface area contributed by atoms with Crippen LogP contribution < -0.4 is 0 Å². The van der Waals surface area contributed by atoms with Crippen LogP contribution in [0.5, 0.6) is 0 Å². The van der Waals surface area contributed by atoms with Crippen LogP contribution in [0.2, 0.25) is 0 Å². The van der Waals surface area contributed by atoms with Crippen LogP contribution >= 0.6 is 0 Å². The summed E-state index contributed by atoms with van der Waals surface area (Å²) in [6, 6.07) is 6.02. The van der Waals surface area contributed by atoms with Crippen LogP contribution in [0, 0.1) is 5.82 Å². The molecular weight excluding hydrogens is 337 g/mol. The second kappa shape index (κ2) is 7.30. The molecule has 0 N–H and O–H groups in total. The van der Waals surface area contributed by atoms with Crippen molar-refractivity contribution in [1.29, 1.82) is 0 Å². The number of hydrogen-bond donors (Lipinski definition) is 0. The molecule has 3 rings (SSSR count). The Morgan fingerprint density at radius 3 is 2.65 bits per heavy atom. The minimum absolute atomic E-state index is 0.0752. The van der Waals surface area contributed by atoms with Gasteiger partial charge < -0.3 is 9.64 Å². The number of carbonyl (C=O) groups is 1. The third-order valence-electron chi connectivity index (χ3n) is 3.61. The summed E-state index contributed by atoms with van der Waals surface area (Å²) < 4.78 is 19.8. The van der Waals surface area contributed by atoms with E-state index in [0.717, 1.165) is 5.56 Å². The number of aromatic nitrogens is 4.